The predicted octanol–water partition coefficient (Wildman–Crippen LogP) is 2.17. The number of allylic oxidation sites excluding steroid dienone is 2. The minimum absolute atomic E-state index is 0.573. The van der Waals surface area contributed by atoms with E-state index in [9.17, 15) is 0 Å². The molecule has 1 heteroatoms. The lowest BCUT2D eigenvalue weighted by atomic mass is 10.0. The lowest BCUT2D eigenvalue weighted by Crippen LogP contribution is -2.27. The van der Waals surface area contributed by atoms with Gasteiger partial charge in [-0.2, -0.15) is 0 Å². The van der Waals surface area contributed by atoms with Crippen molar-refractivity contribution in [1.29, 1.82) is 0 Å². The van der Waals surface area contributed by atoms with Gasteiger partial charge in [-0.3, -0.25) is 0 Å². The topological polar surface area (TPSA) is 3.24 Å². The Morgan fingerprint density at radius 2 is 2.00 bits per heavy atom. The van der Waals surface area contributed by atoms with Gasteiger partial charge in [-0.15, -0.1) is 0 Å². The molecule has 0 N–H and O–H groups in total. The Kier molecular flexibility index (Phi) is 1.84. The summed E-state index contributed by atoms with van der Waals surface area (Å²) in [6.07, 6.45) is 4.42. The van der Waals surface area contributed by atoms with Crippen LogP contribution in [0.15, 0.2) is 23.4 Å². The van der Waals surface area contributed by atoms with Crippen molar-refractivity contribution in [2.45, 2.75) is 26.8 Å². The maximum atomic E-state index is 2.24. The van der Waals surface area contributed by atoms with E-state index in [1.807, 2.05) is 0 Å². The van der Waals surface area contributed by atoms with Crippen LogP contribution in [0, 0.1) is 0 Å². The third kappa shape index (κ3) is 1.23. The summed E-state index contributed by atoms with van der Waals surface area (Å²) >= 11 is 0. The second-order valence-electron chi connectivity index (χ2n) is 3.10. The first-order valence-corrected chi connectivity index (χ1v) is 3.70. The van der Waals surface area contributed by atoms with Gasteiger partial charge in [0.15, 0.2) is 0 Å². The highest BCUT2D eigenvalue weighted by Crippen LogP contribution is 2.17. The summed E-state index contributed by atoms with van der Waals surface area (Å²) in [5, 5.41) is 0. The van der Waals surface area contributed by atoms with Gasteiger partial charge in [-0.1, -0.05) is 11.6 Å². The maximum absolute atomic E-state index is 2.24. The molecule has 1 atom stereocenters. The van der Waals surface area contributed by atoms with E-state index in [2.05, 4.69) is 45.0 Å². The van der Waals surface area contributed by atoms with E-state index in [-0.39, 0.29) is 0 Å². The molecule has 0 radical (unpaired) electrons. The Morgan fingerprint density at radius 1 is 1.40 bits per heavy atom. The minimum atomic E-state index is 0.573. The lowest BCUT2D eigenvalue weighted by molar-refractivity contribution is 0.383. The van der Waals surface area contributed by atoms with Crippen LogP contribution in [0.2, 0.25) is 0 Å². The lowest BCUT2D eigenvalue weighted by Gasteiger charge is -2.28. The van der Waals surface area contributed by atoms with Crippen LogP contribution in [0.5, 0.6) is 0 Å². The highest BCUT2D eigenvalue weighted by atomic mass is 15.1. The Bertz CT molecular complexity index is 189. The number of likely N-dealkylation sites (N-methyl/N-ethyl adjacent to an activating group) is 1. The van der Waals surface area contributed by atoms with Crippen LogP contribution in [0.25, 0.3) is 0 Å². The molecule has 10 heavy (non-hydrogen) atoms. The van der Waals surface area contributed by atoms with E-state index >= 15 is 0 Å². The number of rotatable bonds is 0. The summed E-state index contributed by atoms with van der Waals surface area (Å²) in [6.45, 7) is 6.53. The fourth-order valence-corrected chi connectivity index (χ4v) is 1.27. The van der Waals surface area contributed by atoms with Crippen molar-refractivity contribution in [2.75, 3.05) is 7.05 Å². The number of nitrogens with zero attached hydrogens (tertiary/aromatic N) is 1. The van der Waals surface area contributed by atoms with Gasteiger partial charge in [0, 0.05) is 19.3 Å². The van der Waals surface area contributed by atoms with Gasteiger partial charge in [0.25, 0.3) is 0 Å². The van der Waals surface area contributed by atoms with Crippen molar-refractivity contribution in [3.63, 3.8) is 0 Å². The Labute approximate surface area is 63.0 Å². The summed E-state index contributed by atoms with van der Waals surface area (Å²) < 4.78 is 0. The Morgan fingerprint density at radius 3 is 2.50 bits per heavy atom. The molecule has 1 aliphatic heterocycles. The van der Waals surface area contributed by atoms with E-state index < -0.39 is 0 Å². The van der Waals surface area contributed by atoms with E-state index in [1.54, 1.807) is 0 Å². The SMILES string of the molecule is CC1=CN(C)C(C)C(C)=C1. The number of hydrogen-bond donors (Lipinski definition) is 0. The van der Waals surface area contributed by atoms with E-state index in [4.69, 9.17) is 0 Å². The molecule has 0 fully saturated rings. The largest absolute Gasteiger partial charge is 0.374 e. The third-order valence-electron chi connectivity index (χ3n) is 2.13. The Hall–Kier alpha value is -0.720. The highest BCUT2D eigenvalue weighted by Gasteiger charge is 2.11. The molecule has 1 heterocycles. The van der Waals surface area contributed by atoms with Crippen molar-refractivity contribution in [1.82, 2.24) is 4.90 Å². The smallest absolute Gasteiger partial charge is 0.0465 e. The molecule has 1 rings (SSSR count). The monoisotopic (exact) mass is 137 g/mol. The summed E-state index contributed by atoms with van der Waals surface area (Å²) in [5.41, 5.74) is 2.79. The van der Waals surface area contributed by atoms with Gasteiger partial charge < -0.3 is 4.90 Å². The molecule has 0 spiro atoms. The zero-order valence-electron chi connectivity index (χ0n) is 7.18. The predicted molar refractivity (Wildman–Crippen MR) is 44.7 cm³/mol. The Balaban J connectivity index is 2.85. The average molecular weight is 137 g/mol. The molecule has 0 amide bonds. The van der Waals surface area contributed by atoms with Crippen molar-refractivity contribution in [3.8, 4) is 0 Å². The van der Waals surface area contributed by atoms with Crippen LogP contribution < -0.4 is 0 Å². The molecule has 1 unspecified atom stereocenters. The molecule has 0 bridgehead atoms. The van der Waals surface area contributed by atoms with Gasteiger partial charge in [0.2, 0.25) is 0 Å². The quantitative estimate of drug-likeness (QED) is 0.494. The van der Waals surface area contributed by atoms with Crippen LogP contribution in [-0.2, 0) is 0 Å². The van der Waals surface area contributed by atoms with Crippen molar-refractivity contribution < 1.29 is 0 Å². The summed E-state index contributed by atoms with van der Waals surface area (Å²) in [4.78, 5) is 2.24. The molecule has 0 aromatic carbocycles. The zero-order valence-corrected chi connectivity index (χ0v) is 7.18. The minimum Gasteiger partial charge on any atom is -0.374 e. The van der Waals surface area contributed by atoms with Crippen LogP contribution in [0.1, 0.15) is 20.8 Å². The maximum Gasteiger partial charge on any atom is 0.0465 e. The normalized spacial score (nSPS) is 26.0. The molecule has 0 aliphatic carbocycles. The molecular weight excluding hydrogens is 122 g/mol. The summed E-state index contributed by atoms with van der Waals surface area (Å²) in [6, 6.07) is 0.573. The van der Waals surface area contributed by atoms with Crippen molar-refractivity contribution in [2.24, 2.45) is 0 Å². The molecule has 56 valence electrons. The second kappa shape index (κ2) is 2.49. The highest BCUT2D eigenvalue weighted by molar-refractivity contribution is 5.27. The fourth-order valence-electron chi connectivity index (χ4n) is 1.27. The van der Waals surface area contributed by atoms with Gasteiger partial charge in [-0.05, 0) is 26.3 Å². The van der Waals surface area contributed by atoms with Crippen LogP contribution in [0.4, 0.5) is 0 Å². The third-order valence-corrected chi connectivity index (χ3v) is 2.13. The summed E-state index contributed by atoms with van der Waals surface area (Å²) in [7, 11) is 2.12. The molecule has 0 saturated heterocycles. The first kappa shape index (κ1) is 7.39. The van der Waals surface area contributed by atoms with Gasteiger partial charge >= 0.3 is 0 Å². The van der Waals surface area contributed by atoms with Gasteiger partial charge in [0.1, 0.15) is 0 Å². The van der Waals surface area contributed by atoms with Gasteiger partial charge in [0.05, 0.1) is 0 Å². The molecule has 0 aromatic heterocycles. The molecular formula is C9H15N. The van der Waals surface area contributed by atoms with Crippen LogP contribution in [0.3, 0.4) is 0 Å². The van der Waals surface area contributed by atoms with E-state index in [0.717, 1.165) is 0 Å². The molecule has 1 aliphatic rings. The van der Waals surface area contributed by atoms with E-state index in [0.29, 0.717) is 6.04 Å². The zero-order chi connectivity index (χ0) is 7.72. The first-order chi connectivity index (χ1) is 4.61. The van der Waals surface area contributed by atoms with Gasteiger partial charge in [-0.25, -0.2) is 0 Å². The summed E-state index contributed by atoms with van der Waals surface area (Å²) in [5.74, 6) is 0. The molecule has 0 aromatic rings. The standard InChI is InChI=1S/C9H15N/c1-7-5-8(2)9(3)10(4)6-7/h5-6,9H,1-4H3. The van der Waals surface area contributed by atoms with Crippen LogP contribution in [-0.4, -0.2) is 18.0 Å². The number of hydrogen-bond acceptors (Lipinski definition) is 1. The molecule has 0 saturated carbocycles. The molecule has 1 nitrogen and oxygen atoms in total. The second-order valence-corrected chi connectivity index (χ2v) is 3.10. The van der Waals surface area contributed by atoms with E-state index in [1.165, 1.54) is 11.1 Å². The van der Waals surface area contributed by atoms with Crippen molar-refractivity contribution in [3.05, 3.63) is 23.4 Å². The first-order valence-electron chi connectivity index (χ1n) is 3.70. The van der Waals surface area contributed by atoms with Crippen LogP contribution >= 0.6 is 0 Å². The fraction of sp³-hybridized carbons (Fsp3) is 0.556. The van der Waals surface area contributed by atoms with Crippen molar-refractivity contribution >= 4 is 0 Å². The average Bonchev–Trinajstić information content (AvgIpc) is 1.82.